The van der Waals surface area contributed by atoms with Crippen LogP contribution in [0.5, 0.6) is 0 Å². The van der Waals surface area contributed by atoms with Crippen LogP contribution < -0.4 is 0 Å². The number of rotatable bonds is 1. The van der Waals surface area contributed by atoms with Gasteiger partial charge in [0.1, 0.15) is 5.82 Å². The average Bonchev–Trinajstić information content (AvgIpc) is 2.71. The second kappa shape index (κ2) is 3.82. The quantitative estimate of drug-likeness (QED) is 0.661. The Labute approximate surface area is 101 Å². The zero-order chi connectivity index (χ0) is 11.8. The molecule has 0 atom stereocenters. The van der Waals surface area contributed by atoms with E-state index in [0.717, 1.165) is 0 Å². The molecule has 0 aliphatic heterocycles. The number of fused-ring (bicyclic) bond motifs is 1. The average molecular weight is 248 g/mol. The van der Waals surface area contributed by atoms with Gasteiger partial charge in [-0.3, -0.25) is 4.40 Å². The van der Waals surface area contributed by atoms with Crippen molar-refractivity contribution in [3.05, 3.63) is 53.4 Å². The molecule has 2 heterocycles. The molecule has 0 spiro atoms. The first-order valence-electron chi connectivity index (χ1n) is 5.00. The van der Waals surface area contributed by atoms with Crippen LogP contribution in [0.3, 0.4) is 0 Å². The summed E-state index contributed by atoms with van der Waals surface area (Å²) in [5.41, 5.74) is 1.32. The van der Waals surface area contributed by atoms with Gasteiger partial charge >= 0.3 is 0 Å². The van der Waals surface area contributed by atoms with Gasteiger partial charge in [-0.15, -0.1) is 10.2 Å². The molecule has 5 heteroatoms. The van der Waals surface area contributed by atoms with Crippen molar-refractivity contribution in [2.75, 3.05) is 0 Å². The fourth-order valence-corrected chi connectivity index (χ4v) is 1.84. The van der Waals surface area contributed by atoms with E-state index in [2.05, 4.69) is 10.2 Å². The van der Waals surface area contributed by atoms with E-state index in [1.54, 1.807) is 34.9 Å². The Kier molecular flexibility index (Phi) is 2.30. The fraction of sp³-hybridized carbons (Fsp3) is 0. The maximum atomic E-state index is 13.1. The number of hydrogen-bond acceptors (Lipinski definition) is 2. The predicted octanol–water partition coefficient (Wildman–Crippen LogP) is 3.19. The summed E-state index contributed by atoms with van der Waals surface area (Å²) in [6, 6.07) is 9.68. The van der Waals surface area contributed by atoms with Crippen LogP contribution in [0.1, 0.15) is 0 Å². The van der Waals surface area contributed by atoms with Gasteiger partial charge in [0, 0.05) is 22.8 Å². The van der Waals surface area contributed by atoms with Gasteiger partial charge in [0.15, 0.2) is 11.5 Å². The molecule has 0 saturated carbocycles. The SMILES string of the molecule is Fc1cccc(-c2nnc3cc(Cl)ccn23)c1. The lowest BCUT2D eigenvalue weighted by Crippen LogP contribution is -1.89. The van der Waals surface area contributed by atoms with E-state index < -0.39 is 0 Å². The first-order chi connectivity index (χ1) is 8.24. The summed E-state index contributed by atoms with van der Waals surface area (Å²) in [7, 11) is 0. The molecule has 0 aliphatic rings. The molecule has 0 amide bonds. The van der Waals surface area contributed by atoms with E-state index >= 15 is 0 Å². The van der Waals surface area contributed by atoms with Crippen molar-refractivity contribution < 1.29 is 4.39 Å². The van der Waals surface area contributed by atoms with Gasteiger partial charge in [-0.2, -0.15) is 0 Å². The molecule has 3 aromatic rings. The molecule has 0 fully saturated rings. The maximum Gasteiger partial charge on any atom is 0.168 e. The molecule has 0 radical (unpaired) electrons. The van der Waals surface area contributed by atoms with Gasteiger partial charge in [-0.25, -0.2) is 4.39 Å². The molecule has 0 aliphatic carbocycles. The Balaban J connectivity index is 2.24. The van der Waals surface area contributed by atoms with Gasteiger partial charge in [-0.05, 0) is 18.2 Å². The van der Waals surface area contributed by atoms with Crippen molar-refractivity contribution in [2.45, 2.75) is 0 Å². The lowest BCUT2D eigenvalue weighted by Gasteiger charge is -2.00. The van der Waals surface area contributed by atoms with E-state index in [1.807, 2.05) is 0 Å². The summed E-state index contributed by atoms with van der Waals surface area (Å²) < 4.78 is 14.9. The lowest BCUT2D eigenvalue weighted by molar-refractivity contribution is 0.628. The van der Waals surface area contributed by atoms with E-state index in [1.165, 1.54) is 12.1 Å². The Morgan fingerprint density at radius 1 is 1.12 bits per heavy atom. The Morgan fingerprint density at radius 3 is 2.82 bits per heavy atom. The Hall–Kier alpha value is -1.94. The van der Waals surface area contributed by atoms with Crippen LogP contribution in [-0.4, -0.2) is 14.6 Å². The van der Waals surface area contributed by atoms with Gasteiger partial charge < -0.3 is 0 Å². The van der Waals surface area contributed by atoms with Crippen molar-refractivity contribution in [1.82, 2.24) is 14.6 Å². The molecule has 2 aromatic heterocycles. The largest absolute Gasteiger partial charge is 0.282 e. The molecular weight excluding hydrogens is 241 g/mol. The highest BCUT2D eigenvalue weighted by molar-refractivity contribution is 6.30. The molecular formula is C12H7ClFN3. The molecule has 0 saturated heterocycles. The zero-order valence-electron chi connectivity index (χ0n) is 8.64. The van der Waals surface area contributed by atoms with Gasteiger partial charge in [0.2, 0.25) is 0 Å². The van der Waals surface area contributed by atoms with Crippen molar-refractivity contribution in [3.8, 4) is 11.4 Å². The van der Waals surface area contributed by atoms with Crippen LogP contribution in [0.15, 0.2) is 42.6 Å². The zero-order valence-corrected chi connectivity index (χ0v) is 9.39. The summed E-state index contributed by atoms with van der Waals surface area (Å²) >= 11 is 5.86. The Morgan fingerprint density at radius 2 is 2.00 bits per heavy atom. The summed E-state index contributed by atoms with van der Waals surface area (Å²) in [6.07, 6.45) is 1.76. The minimum absolute atomic E-state index is 0.298. The molecule has 0 unspecified atom stereocenters. The minimum Gasteiger partial charge on any atom is -0.282 e. The highest BCUT2D eigenvalue weighted by Crippen LogP contribution is 2.20. The molecule has 17 heavy (non-hydrogen) atoms. The maximum absolute atomic E-state index is 13.1. The molecule has 0 bridgehead atoms. The number of halogens is 2. The molecule has 3 rings (SSSR count). The van der Waals surface area contributed by atoms with Crippen molar-refractivity contribution in [1.29, 1.82) is 0 Å². The van der Waals surface area contributed by atoms with Crippen LogP contribution >= 0.6 is 11.6 Å². The lowest BCUT2D eigenvalue weighted by atomic mass is 10.2. The monoisotopic (exact) mass is 247 g/mol. The first-order valence-corrected chi connectivity index (χ1v) is 5.38. The molecule has 84 valence electrons. The van der Waals surface area contributed by atoms with E-state index in [9.17, 15) is 4.39 Å². The smallest absolute Gasteiger partial charge is 0.168 e. The van der Waals surface area contributed by atoms with Gasteiger partial charge in [0.25, 0.3) is 0 Å². The summed E-state index contributed by atoms with van der Waals surface area (Å²) in [5, 5.41) is 8.62. The van der Waals surface area contributed by atoms with E-state index in [4.69, 9.17) is 11.6 Å². The summed E-state index contributed by atoms with van der Waals surface area (Å²) in [6.45, 7) is 0. The van der Waals surface area contributed by atoms with E-state index in [0.29, 0.717) is 22.1 Å². The Bertz CT molecular complexity index is 693. The van der Waals surface area contributed by atoms with Crippen molar-refractivity contribution in [2.24, 2.45) is 0 Å². The normalized spacial score (nSPS) is 10.9. The van der Waals surface area contributed by atoms with Crippen molar-refractivity contribution >= 4 is 17.2 Å². The number of benzene rings is 1. The third kappa shape index (κ3) is 1.76. The van der Waals surface area contributed by atoms with E-state index in [-0.39, 0.29) is 5.82 Å². The van der Waals surface area contributed by atoms with Gasteiger partial charge in [0.05, 0.1) is 0 Å². The highest BCUT2D eigenvalue weighted by atomic mass is 35.5. The second-order valence-corrected chi connectivity index (χ2v) is 4.04. The van der Waals surface area contributed by atoms with Crippen molar-refractivity contribution in [3.63, 3.8) is 0 Å². The number of nitrogens with zero attached hydrogens (tertiary/aromatic N) is 3. The van der Waals surface area contributed by atoms with Crippen LogP contribution in [0.4, 0.5) is 4.39 Å². The third-order valence-electron chi connectivity index (χ3n) is 2.45. The minimum atomic E-state index is -0.298. The van der Waals surface area contributed by atoms with Crippen LogP contribution in [0.2, 0.25) is 5.02 Å². The standard InChI is InChI=1S/C12H7ClFN3/c13-9-4-5-17-11(7-9)15-16-12(17)8-2-1-3-10(14)6-8/h1-7H. The first kappa shape index (κ1) is 10.2. The summed E-state index contributed by atoms with van der Waals surface area (Å²) in [5.74, 6) is 0.296. The summed E-state index contributed by atoms with van der Waals surface area (Å²) in [4.78, 5) is 0. The van der Waals surface area contributed by atoms with Crippen LogP contribution in [-0.2, 0) is 0 Å². The number of pyridine rings is 1. The number of hydrogen-bond donors (Lipinski definition) is 0. The number of aromatic nitrogens is 3. The highest BCUT2D eigenvalue weighted by Gasteiger charge is 2.08. The molecule has 0 N–H and O–H groups in total. The van der Waals surface area contributed by atoms with Gasteiger partial charge in [-0.1, -0.05) is 23.7 Å². The third-order valence-corrected chi connectivity index (χ3v) is 2.69. The molecule has 3 nitrogen and oxygen atoms in total. The van der Waals surface area contributed by atoms with Crippen LogP contribution in [0, 0.1) is 5.82 Å². The molecule has 1 aromatic carbocycles. The topological polar surface area (TPSA) is 30.2 Å². The predicted molar refractivity (Wildman–Crippen MR) is 63.4 cm³/mol. The fourth-order valence-electron chi connectivity index (χ4n) is 1.69. The second-order valence-electron chi connectivity index (χ2n) is 3.61. The van der Waals surface area contributed by atoms with Crippen LogP contribution in [0.25, 0.3) is 17.0 Å².